The van der Waals surface area contributed by atoms with Crippen LogP contribution < -0.4 is 14.8 Å². The Hall–Kier alpha value is -2.16. The highest BCUT2D eigenvalue weighted by Gasteiger charge is 2.35. The molecular weight excluding hydrogens is 250 g/mol. The fourth-order valence-electron chi connectivity index (χ4n) is 3.20. The van der Waals surface area contributed by atoms with Crippen LogP contribution in [0.4, 0.5) is 5.69 Å². The summed E-state index contributed by atoms with van der Waals surface area (Å²) in [5, 5.41) is 3.61. The molecule has 0 saturated carbocycles. The summed E-state index contributed by atoms with van der Waals surface area (Å²) in [6.45, 7) is 0. The average molecular weight is 267 g/mol. The molecule has 2 atom stereocenters. The quantitative estimate of drug-likeness (QED) is 0.857. The number of methoxy groups -OCH3 is 1. The maximum absolute atomic E-state index is 6.23. The minimum Gasteiger partial charge on any atom is -0.497 e. The predicted molar refractivity (Wildman–Crippen MR) is 78.5 cm³/mol. The Bertz CT molecular complexity index is 653. The highest BCUT2D eigenvalue weighted by molar-refractivity contribution is 5.60. The van der Waals surface area contributed by atoms with Gasteiger partial charge in [0, 0.05) is 0 Å². The van der Waals surface area contributed by atoms with Crippen LogP contribution in [-0.2, 0) is 6.42 Å². The van der Waals surface area contributed by atoms with Crippen LogP contribution in [0, 0.1) is 0 Å². The first-order chi connectivity index (χ1) is 9.85. The van der Waals surface area contributed by atoms with Crippen molar-refractivity contribution < 1.29 is 9.47 Å². The number of hydrogen-bond acceptors (Lipinski definition) is 3. The van der Waals surface area contributed by atoms with Crippen LogP contribution in [0.3, 0.4) is 0 Å². The summed E-state index contributed by atoms with van der Waals surface area (Å²) in [5.74, 6) is 1.86. The second kappa shape index (κ2) is 4.44. The van der Waals surface area contributed by atoms with Crippen molar-refractivity contribution in [2.75, 3.05) is 12.4 Å². The Morgan fingerprint density at radius 3 is 3.00 bits per heavy atom. The Labute approximate surface area is 118 Å². The van der Waals surface area contributed by atoms with Crippen LogP contribution in [0.2, 0.25) is 0 Å². The van der Waals surface area contributed by atoms with Gasteiger partial charge in [-0.1, -0.05) is 18.2 Å². The number of fused-ring (bicyclic) bond motifs is 4. The molecule has 2 aromatic carbocycles. The summed E-state index contributed by atoms with van der Waals surface area (Å²) in [7, 11) is 1.71. The number of aryl methyl sites for hydroxylation is 1. The van der Waals surface area contributed by atoms with Gasteiger partial charge >= 0.3 is 0 Å². The fourth-order valence-corrected chi connectivity index (χ4v) is 3.20. The first-order valence-electron chi connectivity index (χ1n) is 7.04. The van der Waals surface area contributed by atoms with Gasteiger partial charge < -0.3 is 14.8 Å². The zero-order valence-electron chi connectivity index (χ0n) is 11.4. The molecule has 3 heteroatoms. The van der Waals surface area contributed by atoms with E-state index < -0.39 is 0 Å². The maximum Gasteiger partial charge on any atom is 0.144 e. The van der Waals surface area contributed by atoms with Gasteiger partial charge in [-0.25, -0.2) is 0 Å². The summed E-state index contributed by atoms with van der Waals surface area (Å²) >= 11 is 0. The maximum atomic E-state index is 6.23. The number of benzene rings is 2. The molecule has 102 valence electrons. The molecule has 20 heavy (non-hydrogen) atoms. The second-order valence-corrected chi connectivity index (χ2v) is 5.39. The molecule has 4 rings (SSSR count). The van der Waals surface area contributed by atoms with Gasteiger partial charge in [0.15, 0.2) is 0 Å². The molecule has 3 nitrogen and oxygen atoms in total. The van der Waals surface area contributed by atoms with Gasteiger partial charge in [0.1, 0.15) is 17.6 Å². The number of rotatable bonds is 1. The number of anilines is 1. The van der Waals surface area contributed by atoms with Crippen molar-refractivity contribution in [1.82, 2.24) is 0 Å². The summed E-state index contributed by atoms with van der Waals surface area (Å²) in [6.07, 6.45) is 2.24. The molecule has 2 aliphatic rings. The predicted octanol–water partition coefficient (Wildman–Crippen LogP) is 3.56. The number of nitrogens with one attached hydrogen (secondary N) is 1. The monoisotopic (exact) mass is 267 g/mol. The third kappa shape index (κ3) is 1.73. The third-order valence-corrected chi connectivity index (χ3v) is 4.23. The van der Waals surface area contributed by atoms with Crippen LogP contribution in [0.5, 0.6) is 11.5 Å². The van der Waals surface area contributed by atoms with Gasteiger partial charge in [0.25, 0.3) is 0 Å². The molecule has 0 saturated heterocycles. The Morgan fingerprint density at radius 1 is 1.20 bits per heavy atom. The first kappa shape index (κ1) is 11.6. The standard InChI is InChI=1S/C17H17NO2/c1-19-12-7-8-13-11(10-12)6-9-15-17(13)20-16-5-3-2-4-14(16)18-15/h2-5,7-8,10,15,17-18H,6,9H2,1H3. The SMILES string of the molecule is COc1ccc2c(c1)CCC1Nc3ccccc3OC21. The zero-order chi connectivity index (χ0) is 13.5. The number of ether oxygens (including phenoxy) is 2. The summed E-state index contributed by atoms with van der Waals surface area (Å²) in [5.41, 5.74) is 3.72. The minimum atomic E-state index is 0.0968. The summed E-state index contributed by atoms with van der Waals surface area (Å²) < 4.78 is 11.5. The molecule has 0 bridgehead atoms. The lowest BCUT2D eigenvalue weighted by atomic mass is 9.84. The van der Waals surface area contributed by atoms with Crippen molar-refractivity contribution in [1.29, 1.82) is 0 Å². The molecular formula is C17H17NO2. The topological polar surface area (TPSA) is 30.5 Å². The van der Waals surface area contributed by atoms with Crippen molar-refractivity contribution in [3.05, 3.63) is 53.6 Å². The van der Waals surface area contributed by atoms with Gasteiger partial charge in [-0.3, -0.25) is 0 Å². The molecule has 0 fully saturated rings. The van der Waals surface area contributed by atoms with Crippen molar-refractivity contribution in [3.8, 4) is 11.5 Å². The summed E-state index contributed by atoms with van der Waals surface area (Å²) in [4.78, 5) is 0. The van der Waals surface area contributed by atoms with E-state index in [9.17, 15) is 0 Å². The first-order valence-corrected chi connectivity index (χ1v) is 7.04. The minimum absolute atomic E-state index is 0.0968. The highest BCUT2D eigenvalue weighted by Crippen LogP contribution is 2.42. The van der Waals surface area contributed by atoms with Crippen LogP contribution in [0.1, 0.15) is 23.7 Å². The molecule has 1 heterocycles. The summed E-state index contributed by atoms with van der Waals surface area (Å²) in [6, 6.07) is 14.8. The van der Waals surface area contributed by atoms with Crippen molar-refractivity contribution in [3.63, 3.8) is 0 Å². The molecule has 0 amide bonds. The molecule has 0 radical (unpaired) electrons. The van der Waals surface area contributed by atoms with Crippen LogP contribution in [-0.4, -0.2) is 13.2 Å². The average Bonchev–Trinajstić information content (AvgIpc) is 2.52. The number of para-hydroxylation sites is 2. The van der Waals surface area contributed by atoms with E-state index in [1.54, 1.807) is 7.11 Å². The van der Waals surface area contributed by atoms with Gasteiger partial charge in [0.2, 0.25) is 0 Å². The molecule has 1 N–H and O–H groups in total. The van der Waals surface area contributed by atoms with E-state index in [0.29, 0.717) is 6.04 Å². The largest absolute Gasteiger partial charge is 0.497 e. The second-order valence-electron chi connectivity index (χ2n) is 5.39. The van der Waals surface area contributed by atoms with Gasteiger partial charge in [-0.05, 0) is 48.2 Å². The van der Waals surface area contributed by atoms with Gasteiger partial charge in [-0.15, -0.1) is 0 Å². The highest BCUT2D eigenvalue weighted by atomic mass is 16.5. The molecule has 1 aliphatic heterocycles. The lowest BCUT2D eigenvalue weighted by Crippen LogP contribution is -2.38. The van der Waals surface area contributed by atoms with Crippen LogP contribution >= 0.6 is 0 Å². The van der Waals surface area contributed by atoms with E-state index in [2.05, 4.69) is 23.5 Å². The van der Waals surface area contributed by atoms with Gasteiger partial charge in [0.05, 0.1) is 18.8 Å². The zero-order valence-corrected chi connectivity index (χ0v) is 11.4. The van der Waals surface area contributed by atoms with E-state index in [-0.39, 0.29) is 6.10 Å². The van der Waals surface area contributed by atoms with E-state index >= 15 is 0 Å². The number of hydrogen-bond donors (Lipinski definition) is 1. The molecule has 1 aliphatic carbocycles. The molecule has 0 aromatic heterocycles. The van der Waals surface area contributed by atoms with Crippen molar-refractivity contribution in [2.24, 2.45) is 0 Å². The Morgan fingerprint density at radius 2 is 2.10 bits per heavy atom. The van der Waals surface area contributed by atoms with E-state index in [1.165, 1.54) is 11.1 Å². The Balaban J connectivity index is 1.74. The van der Waals surface area contributed by atoms with Gasteiger partial charge in [-0.2, -0.15) is 0 Å². The van der Waals surface area contributed by atoms with Crippen molar-refractivity contribution in [2.45, 2.75) is 25.0 Å². The molecule has 2 unspecified atom stereocenters. The van der Waals surface area contributed by atoms with E-state index in [1.807, 2.05) is 24.3 Å². The lowest BCUT2D eigenvalue weighted by molar-refractivity contribution is 0.157. The Kier molecular flexibility index (Phi) is 2.59. The lowest BCUT2D eigenvalue weighted by Gasteiger charge is -2.39. The van der Waals surface area contributed by atoms with Crippen LogP contribution in [0.15, 0.2) is 42.5 Å². The third-order valence-electron chi connectivity index (χ3n) is 4.23. The fraction of sp³-hybridized carbons (Fsp3) is 0.294. The molecule has 2 aromatic rings. The molecule has 0 spiro atoms. The van der Waals surface area contributed by atoms with E-state index in [4.69, 9.17) is 9.47 Å². The van der Waals surface area contributed by atoms with Crippen LogP contribution in [0.25, 0.3) is 0 Å². The van der Waals surface area contributed by atoms with E-state index in [0.717, 1.165) is 30.0 Å². The van der Waals surface area contributed by atoms with Crippen molar-refractivity contribution >= 4 is 5.69 Å². The normalized spacial score (nSPS) is 22.6. The smallest absolute Gasteiger partial charge is 0.144 e.